The summed E-state index contributed by atoms with van der Waals surface area (Å²) in [5.41, 5.74) is 0.473. The number of non-ortho nitro benzene ring substituents is 1. The summed E-state index contributed by atoms with van der Waals surface area (Å²) in [6, 6.07) is 5.17. The van der Waals surface area contributed by atoms with Gasteiger partial charge in [-0.1, -0.05) is 0 Å². The highest BCUT2D eigenvalue weighted by molar-refractivity contribution is 6.05. The number of nitro groups is 1. The molecule has 1 aromatic heterocycles. The van der Waals surface area contributed by atoms with Gasteiger partial charge in [0.15, 0.2) is 0 Å². The van der Waals surface area contributed by atoms with Gasteiger partial charge in [0.05, 0.1) is 10.5 Å². The average Bonchev–Trinajstić information content (AvgIpc) is 2.41. The van der Waals surface area contributed by atoms with E-state index >= 15 is 0 Å². The highest BCUT2D eigenvalue weighted by Gasteiger charge is 2.19. The number of aryl methyl sites for hydroxylation is 2. The molecule has 21 heavy (non-hydrogen) atoms. The Kier molecular flexibility index (Phi) is 3.93. The number of benzene rings is 1. The van der Waals surface area contributed by atoms with Gasteiger partial charge in [-0.25, -0.2) is 4.39 Å². The third-order valence-corrected chi connectivity index (χ3v) is 2.85. The minimum absolute atomic E-state index is 0.0419. The minimum Gasteiger partial charge on any atom is -0.322 e. The van der Waals surface area contributed by atoms with Crippen molar-refractivity contribution in [1.29, 1.82) is 0 Å². The highest BCUT2D eigenvalue weighted by Crippen LogP contribution is 2.22. The first-order valence-corrected chi connectivity index (χ1v) is 6.07. The number of carbonyl (C=O) groups excluding carboxylic acids is 1. The number of anilines is 1. The van der Waals surface area contributed by atoms with Gasteiger partial charge < -0.3 is 5.32 Å². The topological polar surface area (TPSA) is 85.1 Å². The first kappa shape index (κ1) is 14.6. The van der Waals surface area contributed by atoms with Crippen molar-refractivity contribution in [2.24, 2.45) is 0 Å². The second-order valence-electron chi connectivity index (χ2n) is 4.52. The summed E-state index contributed by atoms with van der Waals surface area (Å²) < 4.78 is 14.0. The molecule has 0 saturated heterocycles. The number of amides is 1. The molecule has 0 radical (unpaired) electrons. The Morgan fingerprint density at radius 2 is 2.05 bits per heavy atom. The molecule has 0 spiro atoms. The van der Waals surface area contributed by atoms with Crippen molar-refractivity contribution in [3.05, 3.63) is 63.2 Å². The molecule has 0 saturated carbocycles. The zero-order chi connectivity index (χ0) is 15.6. The molecule has 1 N–H and O–H groups in total. The number of aromatic nitrogens is 1. The molecule has 0 unspecified atom stereocenters. The molecule has 2 rings (SSSR count). The molecule has 1 heterocycles. The average molecular weight is 289 g/mol. The first-order chi connectivity index (χ1) is 9.88. The van der Waals surface area contributed by atoms with Crippen LogP contribution in [0, 0.1) is 29.8 Å². The molecular formula is C14H12FN3O3. The molecule has 0 aliphatic carbocycles. The second kappa shape index (κ2) is 5.66. The van der Waals surface area contributed by atoms with Crippen LogP contribution >= 0.6 is 0 Å². The van der Waals surface area contributed by atoms with Gasteiger partial charge in [0.2, 0.25) is 0 Å². The predicted octanol–water partition coefficient (Wildman–Crippen LogP) is 3.00. The lowest BCUT2D eigenvalue weighted by Gasteiger charge is -2.08. The first-order valence-electron chi connectivity index (χ1n) is 6.07. The number of carbonyl (C=O) groups is 1. The fourth-order valence-corrected chi connectivity index (χ4v) is 1.84. The molecule has 108 valence electrons. The Balaban J connectivity index is 2.37. The maximum atomic E-state index is 14.0. The summed E-state index contributed by atoms with van der Waals surface area (Å²) in [5, 5.41) is 13.3. The van der Waals surface area contributed by atoms with Gasteiger partial charge in [0.25, 0.3) is 11.6 Å². The number of nitro benzene ring substituents is 1. The van der Waals surface area contributed by atoms with E-state index in [0.717, 1.165) is 12.1 Å². The van der Waals surface area contributed by atoms with Crippen molar-refractivity contribution in [3.63, 3.8) is 0 Å². The van der Waals surface area contributed by atoms with Gasteiger partial charge in [-0.2, -0.15) is 0 Å². The van der Waals surface area contributed by atoms with Crippen LogP contribution in [0.2, 0.25) is 0 Å². The summed E-state index contributed by atoms with van der Waals surface area (Å²) in [5.74, 6) is -1.52. The summed E-state index contributed by atoms with van der Waals surface area (Å²) in [7, 11) is 0. The maximum absolute atomic E-state index is 14.0. The lowest BCUT2D eigenvalue weighted by atomic mass is 10.1. The van der Waals surface area contributed by atoms with Gasteiger partial charge >= 0.3 is 0 Å². The Hall–Kier alpha value is -2.83. The summed E-state index contributed by atoms with van der Waals surface area (Å²) in [6.07, 6.45) is 1.50. The Labute approximate surface area is 119 Å². The van der Waals surface area contributed by atoms with Gasteiger partial charge in [-0.3, -0.25) is 19.9 Å². The molecule has 0 bridgehead atoms. The Morgan fingerprint density at radius 3 is 2.67 bits per heavy atom. The van der Waals surface area contributed by atoms with Crippen molar-refractivity contribution < 1.29 is 14.1 Å². The van der Waals surface area contributed by atoms with E-state index in [1.807, 2.05) is 0 Å². The SMILES string of the molecule is Cc1cc(NC(=O)c2cc([N+](=O)[O-])cc(C)c2F)ccn1. The number of rotatable bonds is 3. The number of pyridine rings is 1. The van der Waals surface area contributed by atoms with Crippen LogP contribution in [0.5, 0.6) is 0 Å². The Bertz CT molecular complexity index is 731. The smallest absolute Gasteiger partial charge is 0.270 e. The predicted molar refractivity (Wildman–Crippen MR) is 74.7 cm³/mol. The van der Waals surface area contributed by atoms with E-state index in [1.54, 1.807) is 19.1 Å². The van der Waals surface area contributed by atoms with E-state index < -0.39 is 16.6 Å². The van der Waals surface area contributed by atoms with Crippen LogP contribution in [-0.4, -0.2) is 15.8 Å². The molecule has 0 fully saturated rings. The highest BCUT2D eigenvalue weighted by atomic mass is 19.1. The number of hydrogen-bond acceptors (Lipinski definition) is 4. The third-order valence-electron chi connectivity index (χ3n) is 2.85. The molecule has 6 nitrogen and oxygen atoms in total. The van der Waals surface area contributed by atoms with Crippen molar-refractivity contribution in [3.8, 4) is 0 Å². The monoisotopic (exact) mass is 289 g/mol. The van der Waals surface area contributed by atoms with Crippen molar-refractivity contribution in [2.45, 2.75) is 13.8 Å². The van der Waals surface area contributed by atoms with Crippen LogP contribution in [-0.2, 0) is 0 Å². The number of hydrogen-bond donors (Lipinski definition) is 1. The van der Waals surface area contributed by atoms with Crippen molar-refractivity contribution in [1.82, 2.24) is 4.98 Å². The van der Waals surface area contributed by atoms with Crippen molar-refractivity contribution in [2.75, 3.05) is 5.32 Å². The molecule has 1 aromatic carbocycles. The van der Waals surface area contributed by atoms with E-state index in [1.165, 1.54) is 13.1 Å². The molecule has 0 aliphatic rings. The molecule has 1 amide bonds. The number of halogens is 1. The fourth-order valence-electron chi connectivity index (χ4n) is 1.84. The fraction of sp³-hybridized carbons (Fsp3) is 0.143. The molecular weight excluding hydrogens is 277 g/mol. The lowest BCUT2D eigenvalue weighted by Crippen LogP contribution is -2.15. The maximum Gasteiger partial charge on any atom is 0.270 e. The van der Waals surface area contributed by atoms with Gasteiger partial charge in [0, 0.05) is 29.7 Å². The zero-order valence-corrected chi connectivity index (χ0v) is 11.4. The van der Waals surface area contributed by atoms with Gasteiger partial charge in [0.1, 0.15) is 5.82 Å². The van der Waals surface area contributed by atoms with E-state index in [2.05, 4.69) is 10.3 Å². The van der Waals surface area contributed by atoms with E-state index in [4.69, 9.17) is 0 Å². The van der Waals surface area contributed by atoms with Crippen LogP contribution < -0.4 is 5.32 Å². The Morgan fingerprint density at radius 1 is 1.33 bits per heavy atom. The van der Waals surface area contributed by atoms with E-state index in [0.29, 0.717) is 11.4 Å². The lowest BCUT2D eigenvalue weighted by molar-refractivity contribution is -0.385. The molecule has 0 atom stereocenters. The molecule has 0 aliphatic heterocycles. The number of nitrogens with zero attached hydrogens (tertiary/aromatic N) is 2. The summed E-state index contributed by atoms with van der Waals surface area (Å²) >= 11 is 0. The summed E-state index contributed by atoms with van der Waals surface area (Å²) in [6.45, 7) is 3.11. The van der Waals surface area contributed by atoms with Crippen LogP contribution in [0.4, 0.5) is 15.8 Å². The quantitative estimate of drug-likeness (QED) is 0.695. The third kappa shape index (κ3) is 3.19. The standard InChI is InChI=1S/C14H12FN3O3/c1-8-5-11(18(20)21)7-12(13(8)15)14(19)17-10-3-4-16-9(2)6-10/h3-7H,1-2H3,(H,16,17,19). The molecule has 2 aromatic rings. The minimum atomic E-state index is -0.774. The zero-order valence-electron chi connectivity index (χ0n) is 11.4. The van der Waals surface area contributed by atoms with Crippen LogP contribution in [0.3, 0.4) is 0 Å². The summed E-state index contributed by atoms with van der Waals surface area (Å²) in [4.78, 5) is 26.2. The van der Waals surface area contributed by atoms with Crippen LogP contribution in [0.15, 0.2) is 30.5 Å². The van der Waals surface area contributed by atoms with Crippen LogP contribution in [0.25, 0.3) is 0 Å². The van der Waals surface area contributed by atoms with Crippen LogP contribution in [0.1, 0.15) is 21.6 Å². The van der Waals surface area contributed by atoms with Gasteiger partial charge in [-0.15, -0.1) is 0 Å². The largest absolute Gasteiger partial charge is 0.322 e. The van der Waals surface area contributed by atoms with E-state index in [-0.39, 0.29) is 16.8 Å². The number of nitrogens with one attached hydrogen (secondary N) is 1. The normalized spacial score (nSPS) is 10.2. The van der Waals surface area contributed by atoms with Gasteiger partial charge in [-0.05, 0) is 31.5 Å². The van der Waals surface area contributed by atoms with Crippen molar-refractivity contribution >= 4 is 17.3 Å². The van der Waals surface area contributed by atoms with E-state index in [9.17, 15) is 19.3 Å². The molecule has 7 heteroatoms. The second-order valence-corrected chi connectivity index (χ2v) is 4.52.